The molecule has 0 aliphatic carbocycles. The van der Waals surface area contributed by atoms with Crippen LogP contribution < -0.4 is 5.32 Å². The third-order valence-electron chi connectivity index (χ3n) is 2.92. The van der Waals surface area contributed by atoms with Gasteiger partial charge < -0.3 is 5.32 Å². The molecule has 4 nitrogen and oxygen atoms in total. The molecule has 0 spiro atoms. The number of anilines is 1. The van der Waals surface area contributed by atoms with Crippen molar-refractivity contribution in [3.8, 4) is 11.3 Å². The van der Waals surface area contributed by atoms with Gasteiger partial charge in [-0.15, -0.1) is 5.10 Å². The van der Waals surface area contributed by atoms with E-state index in [4.69, 9.17) is 0 Å². The van der Waals surface area contributed by atoms with Crippen LogP contribution in [0, 0.1) is 3.57 Å². The molecule has 0 saturated carbocycles. The lowest BCUT2D eigenvalue weighted by molar-refractivity contribution is 0.102. The van der Waals surface area contributed by atoms with Crippen molar-refractivity contribution in [3.63, 3.8) is 0 Å². The average Bonchev–Trinajstić information content (AvgIpc) is 3.02. The Morgan fingerprint density at radius 2 is 1.86 bits per heavy atom. The number of rotatable bonds is 3. The molecule has 21 heavy (non-hydrogen) atoms. The molecule has 6 heteroatoms. The summed E-state index contributed by atoms with van der Waals surface area (Å²) < 4.78 is 4.77. The second-order valence-corrected chi connectivity index (χ2v) is 6.07. The number of benzene rings is 2. The highest BCUT2D eigenvalue weighted by atomic mass is 127. The molecule has 0 aliphatic heterocycles. The Morgan fingerprint density at radius 1 is 1.10 bits per heavy atom. The van der Waals surface area contributed by atoms with E-state index >= 15 is 0 Å². The van der Waals surface area contributed by atoms with Crippen LogP contribution >= 0.6 is 34.1 Å². The van der Waals surface area contributed by atoms with E-state index in [1.54, 1.807) is 0 Å². The van der Waals surface area contributed by atoms with Gasteiger partial charge in [-0.3, -0.25) is 4.79 Å². The summed E-state index contributed by atoms with van der Waals surface area (Å²) in [5.74, 6) is -0.108. The topological polar surface area (TPSA) is 54.9 Å². The molecular formula is C15H10IN3OS. The molecule has 1 heterocycles. The lowest BCUT2D eigenvalue weighted by atomic mass is 10.1. The maximum Gasteiger partial charge on any atom is 0.256 e. The Hall–Kier alpha value is -1.80. The van der Waals surface area contributed by atoms with Gasteiger partial charge >= 0.3 is 0 Å². The fourth-order valence-electron chi connectivity index (χ4n) is 1.86. The predicted octanol–water partition coefficient (Wildman–Crippen LogP) is 4.06. The van der Waals surface area contributed by atoms with Gasteiger partial charge in [0, 0.05) is 20.2 Å². The maximum atomic E-state index is 12.2. The first-order valence-corrected chi connectivity index (χ1v) is 8.09. The minimum Gasteiger partial charge on any atom is -0.322 e. The highest BCUT2D eigenvalue weighted by molar-refractivity contribution is 14.1. The number of halogens is 1. The number of carbonyl (C=O) groups is 1. The SMILES string of the molecule is O=C(Nc1ccc(-c2csnn2)cc1)c1ccccc1I. The maximum absolute atomic E-state index is 12.2. The van der Waals surface area contributed by atoms with Crippen molar-refractivity contribution in [2.24, 2.45) is 0 Å². The molecule has 1 amide bonds. The Kier molecular flexibility index (Phi) is 4.26. The minimum atomic E-state index is -0.108. The average molecular weight is 407 g/mol. The van der Waals surface area contributed by atoms with E-state index in [1.807, 2.05) is 53.9 Å². The van der Waals surface area contributed by atoms with Gasteiger partial charge in [-0.05, 0) is 58.4 Å². The molecule has 0 aliphatic rings. The second kappa shape index (κ2) is 6.31. The first-order valence-electron chi connectivity index (χ1n) is 6.17. The third-order valence-corrected chi connectivity index (χ3v) is 4.36. The van der Waals surface area contributed by atoms with Crippen molar-refractivity contribution >= 4 is 45.7 Å². The molecule has 0 radical (unpaired) electrons. The van der Waals surface area contributed by atoms with Crippen LogP contribution in [-0.2, 0) is 0 Å². The zero-order chi connectivity index (χ0) is 14.7. The number of amides is 1. The normalized spacial score (nSPS) is 10.3. The van der Waals surface area contributed by atoms with Gasteiger partial charge in [0.25, 0.3) is 5.91 Å². The van der Waals surface area contributed by atoms with Gasteiger partial charge in [0.05, 0.1) is 5.56 Å². The van der Waals surface area contributed by atoms with Crippen LogP contribution in [-0.4, -0.2) is 15.5 Å². The zero-order valence-corrected chi connectivity index (χ0v) is 13.8. The van der Waals surface area contributed by atoms with E-state index in [0.717, 1.165) is 20.5 Å². The monoisotopic (exact) mass is 407 g/mol. The van der Waals surface area contributed by atoms with E-state index in [0.29, 0.717) is 5.56 Å². The minimum absolute atomic E-state index is 0.108. The molecule has 1 aromatic heterocycles. The van der Waals surface area contributed by atoms with E-state index in [2.05, 4.69) is 37.5 Å². The number of nitrogens with zero attached hydrogens (tertiary/aromatic N) is 2. The third kappa shape index (κ3) is 3.27. The van der Waals surface area contributed by atoms with Gasteiger partial charge in [0.2, 0.25) is 0 Å². The number of nitrogens with one attached hydrogen (secondary N) is 1. The summed E-state index contributed by atoms with van der Waals surface area (Å²) in [5, 5.41) is 8.80. The first kappa shape index (κ1) is 14.2. The molecule has 0 fully saturated rings. The summed E-state index contributed by atoms with van der Waals surface area (Å²) in [6.45, 7) is 0. The van der Waals surface area contributed by atoms with E-state index in [1.165, 1.54) is 11.5 Å². The number of aromatic nitrogens is 2. The van der Waals surface area contributed by atoms with Gasteiger partial charge in [-0.25, -0.2) is 0 Å². The van der Waals surface area contributed by atoms with Crippen LogP contribution in [0.5, 0.6) is 0 Å². The van der Waals surface area contributed by atoms with Crippen LogP contribution in [0.3, 0.4) is 0 Å². The van der Waals surface area contributed by atoms with Crippen molar-refractivity contribution in [2.75, 3.05) is 5.32 Å². The summed E-state index contributed by atoms with van der Waals surface area (Å²) in [6, 6.07) is 15.1. The van der Waals surface area contributed by atoms with Crippen molar-refractivity contribution in [1.82, 2.24) is 9.59 Å². The summed E-state index contributed by atoms with van der Waals surface area (Å²) >= 11 is 3.47. The quantitative estimate of drug-likeness (QED) is 0.667. The summed E-state index contributed by atoms with van der Waals surface area (Å²) in [4.78, 5) is 12.2. The summed E-state index contributed by atoms with van der Waals surface area (Å²) in [6.07, 6.45) is 0. The lowest BCUT2D eigenvalue weighted by Crippen LogP contribution is -2.13. The zero-order valence-electron chi connectivity index (χ0n) is 10.8. The molecule has 1 N–H and O–H groups in total. The van der Waals surface area contributed by atoms with Crippen molar-refractivity contribution in [1.29, 1.82) is 0 Å². The smallest absolute Gasteiger partial charge is 0.256 e. The van der Waals surface area contributed by atoms with Crippen molar-refractivity contribution in [3.05, 3.63) is 63.0 Å². The van der Waals surface area contributed by atoms with Crippen molar-refractivity contribution < 1.29 is 4.79 Å². The van der Waals surface area contributed by atoms with Crippen LogP contribution in [0.15, 0.2) is 53.9 Å². The first-order chi connectivity index (χ1) is 10.2. The van der Waals surface area contributed by atoms with E-state index in [9.17, 15) is 4.79 Å². The van der Waals surface area contributed by atoms with Crippen LogP contribution in [0.2, 0.25) is 0 Å². The van der Waals surface area contributed by atoms with E-state index in [-0.39, 0.29) is 5.91 Å². The van der Waals surface area contributed by atoms with Gasteiger partial charge in [-0.2, -0.15) is 0 Å². The molecule has 104 valence electrons. The molecule has 3 rings (SSSR count). The number of carbonyl (C=O) groups excluding carboxylic acids is 1. The van der Waals surface area contributed by atoms with Crippen LogP contribution in [0.25, 0.3) is 11.3 Å². The predicted molar refractivity (Wildman–Crippen MR) is 92.5 cm³/mol. The van der Waals surface area contributed by atoms with Crippen LogP contribution in [0.1, 0.15) is 10.4 Å². The Labute approximate surface area is 139 Å². The van der Waals surface area contributed by atoms with Crippen LogP contribution in [0.4, 0.5) is 5.69 Å². The molecule has 0 saturated heterocycles. The van der Waals surface area contributed by atoms with Crippen molar-refractivity contribution in [2.45, 2.75) is 0 Å². The lowest BCUT2D eigenvalue weighted by Gasteiger charge is -2.07. The fourth-order valence-corrected chi connectivity index (χ4v) is 2.96. The Balaban J connectivity index is 1.77. The summed E-state index contributed by atoms with van der Waals surface area (Å²) in [7, 11) is 0. The standard InChI is InChI=1S/C15H10IN3OS/c16-13-4-2-1-3-12(13)15(20)17-11-7-5-10(6-8-11)14-9-21-19-18-14/h1-9H,(H,17,20). The Morgan fingerprint density at radius 3 is 2.52 bits per heavy atom. The fraction of sp³-hybridized carbons (Fsp3) is 0. The largest absolute Gasteiger partial charge is 0.322 e. The van der Waals surface area contributed by atoms with Gasteiger partial charge in [0.15, 0.2) is 0 Å². The highest BCUT2D eigenvalue weighted by Crippen LogP contribution is 2.21. The molecule has 2 aromatic carbocycles. The second-order valence-electron chi connectivity index (χ2n) is 4.30. The van der Waals surface area contributed by atoms with E-state index < -0.39 is 0 Å². The molecule has 0 unspecified atom stereocenters. The summed E-state index contributed by atoms with van der Waals surface area (Å²) in [5.41, 5.74) is 3.25. The Bertz CT molecular complexity index is 757. The number of hydrogen-bond acceptors (Lipinski definition) is 4. The number of hydrogen-bond donors (Lipinski definition) is 1. The molecular weight excluding hydrogens is 397 g/mol. The van der Waals surface area contributed by atoms with Gasteiger partial charge in [0.1, 0.15) is 5.69 Å². The molecule has 0 bridgehead atoms. The van der Waals surface area contributed by atoms with Gasteiger partial charge in [-0.1, -0.05) is 28.8 Å². The highest BCUT2D eigenvalue weighted by Gasteiger charge is 2.09. The molecule has 3 aromatic rings. The molecule has 0 atom stereocenters.